The summed E-state index contributed by atoms with van der Waals surface area (Å²) in [6.45, 7) is 7.61. The molecule has 0 aromatic carbocycles. The van der Waals surface area contributed by atoms with E-state index in [2.05, 4.69) is 36.5 Å². The summed E-state index contributed by atoms with van der Waals surface area (Å²) >= 11 is 1.80. The van der Waals surface area contributed by atoms with Crippen LogP contribution in [0.15, 0.2) is 5.38 Å². The van der Waals surface area contributed by atoms with Gasteiger partial charge in [0, 0.05) is 23.5 Å². The normalized spacial score (nSPS) is 12.8. The third-order valence-corrected chi connectivity index (χ3v) is 4.48. The first-order valence-electron chi connectivity index (χ1n) is 7.90. The first-order chi connectivity index (χ1) is 9.26. The molecule has 0 radical (unpaired) electrons. The summed E-state index contributed by atoms with van der Waals surface area (Å²) < 4.78 is 0. The highest BCUT2D eigenvalue weighted by atomic mass is 32.1. The van der Waals surface area contributed by atoms with Gasteiger partial charge in [-0.05, 0) is 19.9 Å². The van der Waals surface area contributed by atoms with Gasteiger partial charge < -0.3 is 5.32 Å². The molecule has 1 N–H and O–H groups in total. The number of aryl methyl sites for hydroxylation is 1. The van der Waals surface area contributed by atoms with Crippen molar-refractivity contribution < 1.29 is 0 Å². The summed E-state index contributed by atoms with van der Waals surface area (Å²) in [6, 6.07) is 0.613. The maximum Gasteiger partial charge on any atom is 0.0943 e. The molecule has 1 atom stereocenters. The van der Waals surface area contributed by atoms with E-state index in [0.29, 0.717) is 6.04 Å². The van der Waals surface area contributed by atoms with Gasteiger partial charge in [-0.3, -0.25) is 0 Å². The van der Waals surface area contributed by atoms with Gasteiger partial charge in [0.1, 0.15) is 0 Å². The molecular formula is C16H30N2S. The quantitative estimate of drug-likeness (QED) is 0.594. The molecule has 0 aliphatic rings. The van der Waals surface area contributed by atoms with Crippen LogP contribution in [-0.4, -0.2) is 17.6 Å². The Morgan fingerprint density at radius 3 is 2.53 bits per heavy atom. The van der Waals surface area contributed by atoms with E-state index in [-0.39, 0.29) is 0 Å². The second-order valence-electron chi connectivity index (χ2n) is 5.40. The standard InChI is InChI=1S/C16H30N2S/c1-4-6-7-8-9-10-11-15(17-5-2)12-16-18-14(3)13-19-16/h13,15,17H,4-12H2,1-3H3. The predicted octanol–water partition coefficient (Wildman–Crippen LogP) is 4.72. The minimum absolute atomic E-state index is 0.613. The molecule has 0 saturated heterocycles. The summed E-state index contributed by atoms with van der Waals surface area (Å²) in [5.41, 5.74) is 1.16. The Bertz CT molecular complexity index is 322. The molecule has 110 valence electrons. The Hall–Kier alpha value is -0.410. The molecule has 1 heterocycles. The maximum absolute atomic E-state index is 4.58. The Balaban J connectivity index is 2.20. The fourth-order valence-electron chi connectivity index (χ4n) is 2.44. The summed E-state index contributed by atoms with van der Waals surface area (Å²) in [6.07, 6.45) is 10.7. The number of hydrogen-bond donors (Lipinski definition) is 1. The molecule has 0 aliphatic carbocycles. The van der Waals surface area contributed by atoms with Gasteiger partial charge in [-0.1, -0.05) is 52.4 Å². The molecule has 2 nitrogen and oxygen atoms in total. The third kappa shape index (κ3) is 7.68. The van der Waals surface area contributed by atoms with Crippen molar-refractivity contribution in [3.63, 3.8) is 0 Å². The van der Waals surface area contributed by atoms with Crippen LogP contribution >= 0.6 is 11.3 Å². The smallest absolute Gasteiger partial charge is 0.0943 e. The van der Waals surface area contributed by atoms with Crippen molar-refractivity contribution >= 4 is 11.3 Å². The predicted molar refractivity (Wildman–Crippen MR) is 86.0 cm³/mol. The average molecular weight is 282 g/mol. The zero-order chi connectivity index (χ0) is 13.9. The lowest BCUT2D eigenvalue weighted by atomic mass is 10.0. The lowest BCUT2D eigenvalue weighted by Crippen LogP contribution is -2.30. The van der Waals surface area contributed by atoms with Crippen LogP contribution in [0.3, 0.4) is 0 Å². The SMILES string of the molecule is CCCCCCCCC(Cc1nc(C)cs1)NCC. The van der Waals surface area contributed by atoms with Gasteiger partial charge in [-0.15, -0.1) is 11.3 Å². The minimum atomic E-state index is 0.613. The molecule has 0 bridgehead atoms. The average Bonchev–Trinajstić information content (AvgIpc) is 2.79. The van der Waals surface area contributed by atoms with Crippen LogP contribution in [0.4, 0.5) is 0 Å². The largest absolute Gasteiger partial charge is 0.314 e. The van der Waals surface area contributed by atoms with Crippen molar-refractivity contribution in [1.82, 2.24) is 10.3 Å². The van der Waals surface area contributed by atoms with Gasteiger partial charge in [0.25, 0.3) is 0 Å². The number of unbranched alkanes of at least 4 members (excludes halogenated alkanes) is 5. The lowest BCUT2D eigenvalue weighted by molar-refractivity contribution is 0.459. The van der Waals surface area contributed by atoms with Crippen molar-refractivity contribution in [3.05, 3.63) is 16.1 Å². The molecule has 1 unspecified atom stereocenters. The van der Waals surface area contributed by atoms with E-state index >= 15 is 0 Å². The summed E-state index contributed by atoms with van der Waals surface area (Å²) in [5, 5.41) is 7.05. The monoisotopic (exact) mass is 282 g/mol. The van der Waals surface area contributed by atoms with E-state index < -0.39 is 0 Å². The van der Waals surface area contributed by atoms with E-state index in [9.17, 15) is 0 Å². The molecule has 1 rings (SSSR count). The van der Waals surface area contributed by atoms with Crippen LogP contribution in [0.25, 0.3) is 0 Å². The molecule has 0 amide bonds. The van der Waals surface area contributed by atoms with E-state index in [0.717, 1.165) is 18.7 Å². The van der Waals surface area contributed by atoms with Gasteiger partial charge in [-0.2, -0.15) is 0 Å². The van der Waals surface area contributed by atoms with Crippen LogP contribution < -0.4 is 5.32 Å². The summed E-state index contributed by atoms with van der Waals surface area (Å²) in [4.78, 5) is 4.58. The zero-order valence-corrected chi connectivity index (χ0v) is 13.7. The molecule has 19 heavy (non-hydrogen) atoms. The molecule has 1 aromatic rings. The van der Waals surface area contributed by atoms with Crippen molar-refractivity contribution in [1.29, 1.82) is 0 Å². The van der Waals surface area contributed by atoms with Crippen molar-refractivity contribution in [3.8, 4) is 0 Å². The highest BCUT2D eigenvalue weighted by molar-refractivity contribution is 7.09. The maximum atomic E-state index is 4.58. The Morgan fingerprint density at radius 2 is 1.89 bits per heavy atom. The number of aromatic nitrogens is 1. The lowest BCUT2D eigenvalue weighted by Gasteiger charge is -2.16. The Labute approximate surface area is 123 Å². The highest BCUT2D eigenvalue weighted by Gasteiger charge is 2.10. The number of hydrogen-bond acceptors (Lipinski definition) is 3. The Morgan fingerprint density at radius 1 is 1.16 bits per heavy atom. The van der Waals surface area contributed by atoms with E-state index in [1.54, 1.807) is 11.3 Å². The van der Waals surface area contributed by atoms with Gasteiger partial charge >= 0.3 is 0 Å². The Kier molecular flexibility index (Phi) is 9.10. The molecule has 0 saturated carbocycles. The van der Waals surface area contributed by atoms with Crippen LogP contribution in [-0.2, 0) is 6.42 Å². The van der Waals surface area contributed by atoms with Gasteiger partial charge in [0.2, 0.25) is 0 Å². The minimum Gasteiger partial charge on any atom is -0.314 e. The number of likely N-dealkylation sites (N-methyl/N-ethyl adjacent to an activating group) is 1. The number of thiazole rings is 1. The highest BCUT2D eigenvalue weighted by Crippen LogP contribution is 2.15. The summed E-state index contributed by atoms with van der Waals surface area (Å²) in [5.74, 6) is 0. The molecule has 3 heteroatoms. The van der Waals surface area contributed by atoms with Crippen molar-refractivity contribution in [2.24, 2.45) is 0 Å². The first-order valence-corrected chi connectivity index (χ1v) is 8.78. The van der Waals surface area contributed by atoms with E-state index in [1.165, 1.54) is 50.0 Å². The topological polar surface area (TPSA) is 24.9 Å². The zero-order valence-electron chi connectivity index (χ0n) is 12.9. The molecule has 0 spiro atoms. The first kappa shape index (κ1) is 16.6. The van der Waals surface area contributed by atoms with Crippen molar-refractivity contribution in [2.45, 2.75) is 78.2 Å². The number of nitrogens with one attached hydrogen (secondary N) is 1. The van der Waals surface area contributed by atoms with Crippen LogP contribution in [0.2, 0.25) is 0 Å². The fourth-order valence-corrected chi connectivity index (χ4v) is 3.30. The number of rotatable bonds is 11. The second kappa shape index (κ2) is 10.4. The van der Waals surface area contributed by atoms with Crippen LogP contribution in [0.5, 0.6) is 0 Å². The van der Waals surface area contributed by atoms with Crippen molar-refractivity contribution in [2.75, 3.05) is 6.54 Å². The van der Waals surface area contributed by atoms with E-state index in [1.807, 2.05) is 0 Å². The van der Waals surface area contributed by atoms with Crippen LogP contribution in [0, 0.1) is 6.92 Å². The fraction of sp³-hybridized carbons (Fsp3) is 0.812. The molecule has 0 aliphatic heterocycles. The molecule has 1 aromatic heterocycles. The molecule has 0 fully saturated rings. The summed E-state index contributed by atoms with van der Waals surface area (Å²) in [7, 11) is 0. The van der Waals surface area contributed by atoms with Crippen LogP contribution in [0.1, 0.15) is 69.5 Å². The third-order valence-electron chi connectivity index (χ3n) is 3.49. The van der Waals surface area contributed by atoms with Gasteiger partial charge in [0.15, 0.2) is 0 Å². The molecular weight excluding hydrogens is 252 g/mol. The van der Waals surface area contributed by atoms with E-state index in [4.69, 9.17) is 0 Å². The second-order valence-corrected chi connectivity index (χ2v) is 6.34. The number of nitrogens with zero attached hydrogens (tertiary/aromatic N) is 1. The van der Waals surface area contributed by atoms with Gasteiger partial charge in [0.05, 0.1) is 5.01 Å². The van der Waals surface area contributed by atoms with Gasteiger partial charge in [-0.25, -0.2) is 4.98 Å².